The molecule has 0 amide bonds. The van der Waals surface area contributed by atoms with E-state index in [0.717, 1.165) is 28.0 Å². The summed E-state index contributed by atoms with van der Waals surface area (Å²) in [6, 6.07) is 16.7. The van der Waals surface area contributed by atoms with E-state index in [4.69, 9.17) is 25.8 Å². The number of ether oxygens (including phenoxy) is 3. The molecule has 1 aromatic heterocycles. The van der Waals surface area contributed by atoms with Crippen molar-refractivity contribution in [3.63, 3.8) is 0 Å². The number of benzene rings is 2. The van der Waals surface area contributed by atoms with Crippen molar-refractivity contribution in [1.29, 1.82) is 0 Å². The molecule has 170 valence electrons. The van der Waals surface area contributed by atoms with Gasteiger partial charge in [0.25, 0.3) is 0 Å². The Morgan fingerprint density at radius 3 is 2.66 bits per heavy atom. The summed E-state index contributed by atoms with van der Waals surface area (Å²) in [6.07, 6.45) is 2.68. The molecule has 8 heteroatoms. The first-order valence-corrected chi connectivity index (χ1v) is 12.1. The van der Waals surface area contributed by atoms with Crippen molar-refractivity contribution < 1.29 is 19.0 Å². The lowest BCUT2D eigenvalue weighted by Crippen LogP contribution is -2.37. The van der Waals surface area contributed by atoms with Gasteiger partial charge in [-0.05, 0) is 48.8 Å². The van der Waals surface area contributed by atoms with Gasteiger partial charge in [0.2, 0.25) is 5.88 Å². The summed E-state index contributed by atoms with van der Waals surface area (Å²) >= 11 is 7.83. The second-order valence-corrected chi connectivity index (χ2v) is 8.46. The Labute approximate surface area is 197 Å². The van der Waals surface area contributed by atoms with Gasteiger partial charge < -0.3 is 19.5 Å². The number of carbonyl (C=O) groups excluding carboxylic acids is 1. The lowest BCUT2D eigenvalue weighted by molar-refractivity contribution is -0.143. The molecular formula is C24H27ClN2O4S. The van der Waals surface area contributed by atoms with Gasteiger partial charge in [0.15, 0.2) is 0 Å². The van der Waals surface area contributed by atoms with E-state index < -0.39 is 6.04 Å². The van der Waals surface area contributed by atoms with Crippen LogP contribution >= 0.6 is 23.4 Å². The van der Waals surface area contributed by atoms with Crippen LogP contribution in [0, 0.1) is 0 Å². The van der Waals surface area contributed by atoms with E-state index in [1.165, 1.54) is 7.11 Å². The monoisotopic (exact) mass is 474 g/mol. The van der Waals surface area contributed by atoms with E-state index >= 15 is 0 Å². The Balaban J connectivity index is 1.73. The zero-order valence-corrected chi connectivity index (χ0v) is 19.7. The van der Waals surface area contributed by atoms with Crippen molar-refractivity contribution in [2.45, 2.75) is 19.0 Å². The molecule has 2 aromatic carbocycles. The highest BCUT2D eigenvalue weighted by Gasteiger charge is 2.19. The van der Waals surface area contributed by atoms with Gasteiger partial charge in [0, 0.05) is 22.5 Å². The molecule has 3 aromatic rings. The molecule has 32 heavy (non-hydrogen) atoms. The molecule has 0 spiro atoms. The van der Waals surface area contributed by atoms with Gasteiger partial charge >= 0.3 is 5.97 Å². The number of thioether (sulfide) groups is 1. The van der Waals surface area contributed by atoms with Gasteiger partial charge in [-0.2, -0.15) is 11.8 Å². The Kier molecular flexibility index (Phi) is 9.46. The van der Waals surface area contributed by atoms with Crippen LogP contribution in [0.2, 0.25) is 5.02 Å². The first-order valence-electron chi connectivity index (χ1n) is 10.3. The first kappa shape index (κ1) is 24.2. The van der Waals surface area contributed by atoms with Crippen LogP contribution in [0.5, 0.6) is 11.6 Å². The number of rotatable bonds is 12. The predicted octanol–water partition coefficient (Wildman–Crippen LogP) is 4.73. The summed E-state index contributed by atoms with van der Waals surface area (Å²) in [5.41, 5.74) is 1.59. The maximum absolute atomic E-state index is 12.1. The first-order chi connectivity index (χ1) is 15.6. The number of methoxy groups -OCH3 is 1. The van der Waals surface area contributed by atoms with E-state index in [1.807, 2.05) is 54.8 Å². The maximum atomic E-state index is 12.1. The van der Waals surface area contributed by atoms with Crippen LogP contribution in [0.3, 0.4) is 0 Å². The summed E-state index contributed by atoms with van der Waals surface area (Å²) in [5, 5.41) is 4.84. The molecule has 0 fully saturated rings. The van der Waals surface area contributed by atoms with Gasteiger partial charge in [-0.15, -0.1) is 0 Å². The summed E-state index contributed by atoms with van der Waals surface area (Å²) in [4.78, 5) is 16.8. The Morgan fingerprint density at radius 2 is 1.91 bits per heavy atom. The normalized spacial score (nSPS) is 11.8. The minimum atomic E-state index is -0.400. The van der Waals surface area contributed by atoms with Crippen molar-refractivity contribution in [1.82, 2.24) is 10.3 Å². The second kappa shape index (κ2) is 12.5. The maximum Gasteiger partial charge on any atom is 0.322 e. The minimum Gasteiger partial charge on any atom is -0.490 e. The molecule has 1 unspecified atom stereocenters. The van der Waals surface area contributed by atoms with Crippen molar-refractivity contribution in [3.05, 3.63) is 65.2 Å². The molecule has 6 nitrogen and oxygen atoms in total. The van der Waals surface area contributed by atoms with E-state index in [2.05, 4.69) is 10.3 Å². The van der Waals surface area contributed by atoms with Crippen molar-refractivity contribution >= 4 is 40.2 Å². The molecular weight excluding hydrogens is 448 g/mol. The summed E-state index contributed by atoms with van der Waals surface area (Å²) < 4.78 is 16.6. The molecule has 1 N–H and O–H groups in total. The quantitative estimate of drug-likeness (QED) is 0.300. The molecule has 0 aliphatic carbocycles. The molecule has 0 aliphatic heterocycles. The lowest BCUT2D eigenvalue weighted by Gasteiger charge is -2.18. The highest BCUT2D eigenvalue weighted by molar-refractivity contribution is 7.98. The van der Waals surface area contributed by atoms with Crippen LogP contribution in [0.4, 0.5) is 0 Å². The molecule has 0 saturated carbocycles. The van der Waals surface area contributed by atoms with E-state index in [0.29, 0.717) is 37.1 Å². The topological polar surface area (TPSA) is 69.7 Å². The minimum absolute atomic E-state index is 0.279. The van der Waals surface area contributed by atoms with Gasteiger partial charge in [-0.1, -0.05) is 35.9 Å². The fourth-order valence-electron chi connectivity index (χ4n) is 3.15. The van der Waals surface area contributed by atoms with Crippen molar-refractivity contribution in [3.8, 4) is 11.6 Å². The molecule has 1 atom stereocenters. The van der Waals surface area contributed by atoms with Crippen LogP contribution in [0.25, 0.3) is 10.9 Å². The highest BCUT2D eigenvalue weighted by atomic mass is 35.5. The number of aromatic nitrogens is 1. The Morgan fingerprint density at radius 1 is 1.12 bits per heavy atom. The van der Waals surface area contributed by atoms with Crippen LogP contribution in [-0.4, -0.2) is 49.3 Å². The molecule has 3 rings (SSSR count). The molecule has 0 bridgehead atoms. The standard InChI is InChI=1S/C24H27ClN2O4S/c1-29-24(28)21(10-13-32-2)26-16-18-14-17-8-9-19(25)15-22(17)27-23(18)31-12-11-30-20-6-4-3-5-7-20/h3-9,14-15,21,26H,10-13,16H2,1-2H3. The van der Waals surface area contributed by atoms with Gasteiger partial charge in [0.1, 0.15) is 25.0 Å². The lowest BCUT2D eigenvalue weighted by atomic mass is 10.1. The Hall–Kier alpha value is -2.48. The third-order valence-electron chi connectivity index (χ3n) is 4.79. The number of fused-ring (bicyclic) bond motifs is 1. The second-order valence-electron chi connectivity index (χ2n) is 7.04. The number of hydrogen-bond acceptors (Lipinski definition) is 7. The number of hydrogen-bond donors (Lipinski definition) is 1. The summed E-state index contributed by atoms with van der Waals surface area (Å²) in [7, 11) is 1.40. The number of nitrogens with one attached hydrogen (secondary N) is 1. The highest BCUT2D eigenvalue weighted by Crippen LogP contribution is 2.25. The number of para-hydroxylation sites is 1. The van der Waals surface area contributed by atoms with Gasteiger partial charge in [0.05, 0.1) is 12.6 Å². The number of esters is 1. The van der Waals surface area contributed by atoms with E-state index in [9.17, 15) is 4.79 Å². The average molecular weight is 475 g/mol. The number of carbonyl (C=O) groups is 1. The summed E-state index contributed by atoms with van der Waals surface area (Å²) in [6.45, 7) is 1.12. The van der Waals surface area contributed by atoms with Crippen molar-refractivity contribution in [2.24, 2.45) is 0 Å². The molecule has 1 heterocycles. The SMILES string of the molecule is COC(=O)C(CCSC)NCc1cc2ccc(Cl)cc2nc1OCCOc1ccccc1. The fourth-order valence-corrected chi connectivity index (χ4v) is 3.78. The Bertz CT molecular complexity index is 1020. The fraction of sp³-hybridized carbons (Fsp3) is 0.333. The number of pyridine rings is 1. The van der Waals surface area contributed by atoms with Crippen LogP contribution in [0.1, 0.15) is 12.0 Å². The van der Waals surface area contributed by atoms with Crippen molar-refractivity contribution in [2.75, 3.05) is 32.3 Å². The zero-order chi connectivity index (χ0) is 22.8. The summed E-state index contributed by atoms with van der Waals surface area (Å²) in [5.74, 6) is 1.84. The van der Waals surface area contributed by atoms with Crippen LogP contribution in [0.15, 0.2) is 54.6 Å². The predicted molar refractivity (Wildman–Crippen MR) is 130 cm³/mol. The average Bonchev–Trinajstić information content (AvgIpc) is 2.82. The number of nitrogens with zero attached hydrogens (tertiary/aromatic N) is 1. The van der Waals surface area contributed by atoms with Crippen LogP contribution < -0.4 is 14.8 Å². The van der Waals surface area contributed by atoms with Gasteiger partial charge in [-0.3, -0.25) is 4.79 Å². The molecule has 0 radical (unpaired) electrons. The molecule has 0 aliphatic rings. The number of halogens is 1. The third-order valence-corrected chi connectivity index (χ3v) is 5.67. The van der Waals surface area contributed by atoms with Crippen LogP contribution in [-0.2, 0) is 16.1 Å². The van der Waals surface area contributed by atoms with E-state index in [-0.39, 0.29) is 5.97 Å². The van der Waals surface area contributed by atoms with Gasteiger partial charge in [-0.25, -0.2) is 4.98 Å². The molecule has 0 saturated heterocycles. The van der Waals surface area contributed by atoms with E-state index in [1.54, 1.807) is 17.8 Å². The smallest absolute Gasteiger partial charge is 0.322 e. The largest absolute Gasteiger partial charge is 0.490 e. The third kappa shape index (κ3) is 7.02. The zero-order valence-electron chi connectivity index (χ0n) is 18.2.